The minimum absolute atomic E-state index is 1.14. The molecule has 24 heavy (non-hydrogen) atoms. The fourth-order valence-electron chi connectivity index (χ4n) is 2.81. The number of piperidine rings is 1. The maximum absolute atomic E-state index is 3.28. The topological polar surface area (TPSA) is 63.4 Å². The minimum Gasteiger partial charge on any atom is -0.317 e. The number of likely N-dealkylation sites (N-methyl/N-ethyl adjacent to an activating group) is 1. The van der Waals surface area contributed by atoms with Gasteiger partial charge in [-0.1, -0.05) is 6.42 Å². The molecule has 0 aromatic rings. The molecule has 0 bridgehead atoms. The Balaban J connectivity index is 0.000000161. The molecule has 4 aliphatic heterocycles. The molecule has 0 spiro atoms. The summed E-state index contributed by atoms with van der Waals surface area (Å²) in [7, 11) is 2.15. The zero-order chi connectivity index (χ0) is 17.1. The molecule has 0 saturated carbocycles. The SMILES string of the molecule is C1CCNC1.C1CCNCC1.C1CNCCN1.CN1CCNCC1. The molecule has 4 rings (SSSR count). The van der Waals surface area contributed by atoms with Gasteiger partial charge in [-0.2, -0.15) is 0 Å². The smallest absolute Gasteiger partial charge is 0.0104 e. The molecule has 4 heterocycles. The molecule has 144 valence electrons. The summed E-state index contributed by atoms with van der Waals surface area (Å²) in [5, 5.41) is 16.2. The lowest BCUT2D eigenvalue weighted by molar-refractivity contribution is 0.291. The monoisotopic (exact) mass is 342 g/mol. The van der Waals surface area contributed by atoms with Crippen molar-refractivity contribution in [1.29, 1.82) is 0 Å². The van der Waals surface area contributed by atoms with Gasteiger partial charge in [0.25, 0.3) is 0 Å². The second-order valence-corrected chi connectivity index (χ2v) is 6.82. The van der Waals surface area contributed by atoms with Crippen molar-refractivity contribution in [2.24, 2.45) is 0 Å². The van der Waals surface area contributed by atoms with Crippen LogP contribution in [0.2, 0.25) is 0 Å². The second-order valence-electron chi connectivity index (χ2n) is 6.82. The first kappa shape index (κ1) is 21.8. The predicted octanol–water partition coefficient (Wildman–Crippen LogP) is -0.170. The average molecular weight is 343 g/mol. The number of nitrogens with zero attached hydrogens (tertiary/aromatic N) is 1. The highest BCUT2D eigenvalue weighted by atomic mass is 15.2. The molecule has 4 fully saturated rings. The van der Waals surface area contributed by atoms with Gasteiger partial charge in [0.15, 0.2) is 0 Å². The third-order valence-electron chi connectivity index (χ3n) is 4.46. The van der Waals surface area contributed by atoms with Crippen LogP contribution in [-0.4, -0.2) is 90.5 Å². The van der Waals surface area contributed by atoms with Crippen LogP contribution in [0.5, 0.6) is 0 Å². The molecule has 0 atom stereocenters. The van der Waals surface area contributed by atoms with Gasteiger partial charge in [-0.3, -0.25) is 0 Å². The van der Waals surface area contributed by atoms with E-state index in [1.807, 2.05) is 0 Å². The fourth-order valence-corrected chi connectivity index (χ4v) is 2.81. The van der Waals surface area contributed by atoms with Crippen LogP contribution in [0.25, 0.3) is 0 Å². The van der Waals surface area contributed by atoms with Crippen molar-refractivity contribution >= 4 is 0 Å². The van der Waals surface area contributed by atoms with Crippen LogP contribution in [0.4, 0.5) is 0 Å². The molecule has 6 heteroatoms. The summed E-state index contributed by atoms with van der Waals surface area (Å²) in [6, 6.07) is 0. The minimum atomic E-state index is 1.14. The first-order chi connectivity index (χ1) is 11.9. The van der Waals surface area contributed by atoms with Gasteiger partial charge in [-0.15, -0.1) is 0 Å². The summed E-state index contributed by atoms with van der Waals surface area (Å²) in [4.78, 5) is 2.33. The first-order valence-corrected chi connectivity index (χ1v) is 10.1. The third kappa shape index (κ3) is 15.3. The van der Waals surface area contributed by atoms with Gasteiger partial charge in [-0.05, 0) is 58.9 Å². The van der Waals surface area contributed by atoms with Crippen LogP contribution >= 0.6 is 0 Å². The van der Waals surface area contributed by atoms with Crippen molar-refractivity contribution in [2.75, 3.05) is 85.6 Å². The highest BCUT2D eigenvalue weighted by molar-refractivity contribution is 4.62. The molecule has 4 saturated heterocycles. The fraction of sp³-hybridized carbons (Fsp3) is 1.00. The molecule has 0 aromatic heterocycles. The van der Waals surface area contributed by atoms with Crippen molar-refractivity contribution in [3.8, 4) is 0 Å². The van der Waals surface area contributed by atoms with E-state index in [1.54, 1.807) is 0 Å². The van der Waals surface area contributed by atoms with Crippen molar-refractivity contribution in [3.63, 3.8) is 0 Å². The molecule has 0 unspecified atom stereocenters. The number of rotatable bonds is 0. The highest BCUT2D eigenvalue weighted by Crippen LogP contribution is 1.96. The Hall–Kier alpha value is -0.240. The van der Waals surface area contributed by atoms with Crippen molar-refractivity contribution in [3.05, 3.63) is 0 Å². The van der Waals surface area contributed by atoms with Crippen molar-refractivity contribution in [1.82, 2.24) is 31.5 Å². The molecule has 0 aliphatic carbocycles. The van der Waals surface area contributed by atoms with E-state index in [2.05, 4.69) is 38.5 Å². The normalized spacial score (nSPS) is 24.4. The maximum atomic E-state index is 3.28. The van der Waals surface area contributed by atoms with E-state index in [0.29, 0.717) is 0 Å². The molecule has 0 amide bonds. The summed E-state index contributed by atoms with van der Waals surface area (Å²) in [5.74, 6) is 0. The quantitative estimate of drug-likeness (QED) is 0.421. The largest absolute Gasteiger partial charge is 0.317 e. The van der Waals surface area contributed by atoms with Crippen LogP contribution in [0.1, 0.15) is 32.1 Å². The maximum Gasteiger partial charge on any atom is 0.0104 e. The molecule has 0 radical (unpaired) electrons. The van der Waals surface area contributed by atoms with Crippen molar-refractivity contribution < 1.29 is 0 Å². The average Bonchev–Trinajstić information content (AvgIpc) is 3.26. The third-order valence-corrected chi connectivity index (χ3v) is 4.46. The van der Waals surface area contributed by atoms with E-state index in [9.17, 15) is 0 Å². The lowest BCUT2D eigenvalue weighted by Gasteiger charge is -2.21. The summed E-state index contributed by atoms with van der Waals surface area (Å²) >= 11 is 0. The van der Waals surface area contributed by atoms with E-state index >= 15 is 0 Å². The Bertz CT molecular complexity index is 191. The van der Waals surface area contributed by atoms with Crippen LogP contribution in [-0.2, 0) is 0 Å². The summed E-state index contributed by atoms with van der Waals surface area (Å²) in [5.41, 5.74) is 0. The van der Waals surface area contributed by atoms with Gasteiger partial charge in [0, 0.05) is 52.4 Å². The molecule has 4 aliphatic rings. The van der Waals surface area contributed by atoms with Gasteiger partial charge in [0.2, 0.25) is 0 Å². The van der Waals surface area contributed by atoms with E-state index in [-0.39, 0.29) is 0 Å². The second kappa shape index (κ2) is 17.6. The van der Waals surface area contributed by atoms with Crippen LogP contribution < -0.4 is 26.6 Å². The van der Waals surface area contributed by atoms with Gasteiger partial charge in [0.05, 0.1) is 0 Å². The molecule has 0 aromatic carbocycles. The Morgan fingerprint density at radius 1 is 0.417 bits per heavy atom. The van der Waals surface area contributed by atoms with E-state index < -0.39 is 0 Å². The molecule has 6 nitrogen and oxygen atoms in total. The number of piperazine rings is 2. The summed E-state index contributed by atoms with van der Waals surface area (Å²) in [6.07, 6.45) is 6.99. The van der Waals surface area contributed by atoms with Gasteiger partial charge in [-0.25, -0.2) is 0 Å². The lowest BCUT2D eigenvalue weighted by Crippen LogP contribution is -2.40. The first-order valence-electron chi connectivity index (χ1n) is 10.1. The van der Waals surface area contributed by atoms with Gasteiger partial charge >= 0.3 is 0 Å². The van der Waals surface area contributed by atoms with Gasteiger partial charge < -0.3 is 31.5 Å². The Morgan fingerprint density at radius 2 is 0.750 bits per heavy atom. The molecular formula is C18H42N6. The van der Waals surface area contributed by atoms with Crippen LogP contribution in [0.15, 0.2) is 0 Å². The van der Waals surface area contributed by atoms with E-state index in [0.717, 1.165) is 39.3 Å². The number of hydrogen-bond acceptors (Lipinski definition) is 6. The predicted molar refractivity (Wildman–Crippen MR) is 105 cm³/mol. The zero-order valence-corrected chi connectivity index (χ0v) is 16.0. The van der Waals surface area contributed by atoms with E-state index in [4.69, 9.17) is 0 Å². The van der Waals surface area contributed by atoms with Crippen molar-refractivity contribution in [2.45, 2.75) is 32.1 Å². The van der Waals surface area contributed by atoms with Crippen LogP contribution in [0.3, 0.4) is 0 Å². The Labute approximate surface area is 149 Å². The Morgan fingerprint density at radius 3 is 0.958 bits per heavy atom. The van der Waals surface area contributed by atoms with E-state index in [1.165, 1.54) is 71.4 Å². The standard InChI is InChI=1S/C5H12N2.C5H11N.C4H10N2.C4H9N/c1-7-4-2-6-3-5-7;1-2-4-6-5-3-1;1-2-6-4-3-5-1;1-2-4-5-3-1/h6H,2-5H2,1H3;6H,1-5H2;5-6H,1-4H2;5H,1-4H2. The van der Waals surface area contributed by atoms with Crippen LogP contribution in [0, 0.1) is 0 Å². The van der Waals surface area contributed by atoms with Gasteiger partial charge in [0.1, 0.15) is 0 Å². The molecular weight excluding hydrogens is 300 g/mol. The summed E-state index contributed by atoms with van der Waals surface area (Å²) < 4.78 is 0. The molecule has 5 N–H and O–H groups in total. The summed E-state index contributed by atoms with van der Waals surface area (Å²) in [6.45, 7) is 14.3. The lowest BCUT2D eigenvalue weighted by atomic mass is 10.2. The number of nitrogens with one attached hydrogen (secondary N) is 5. The highest BCUT2D eigenvalue weighted by Gasteiger charge is 2.01. The number of hydrogen-bond donors (Lipinski definition) is 5. The Kier molecular flexibility index (Phi) is 16.0. The zero-order valence-electron chi connectivity index (χ0n) is 16.0.